The van der Waals surface area contributed by atoms with Crippen LogP contribution in [0.1, 0.15) is 17.3 Å². The number of nitrogens with zero attached hydrogens (tertiary/aromatic N) is 1. The van der Waals surface area contributed by atoms with Crippen molar-refractivity contribution in [3.63, 3.8) is 0 Å². The highest BCUT2D eigenvalue weighted by atomic mass is 35.5. The molecule has 2 amide bonds. The third kappa shape index (κ3) is 5.94. The number of hydrogen-bond acceptors (Lipinski definition) is 4. The lowest BCUT2D eigenvalue weighted by Gasteiger charge is -2.15. The Labute approximate surface area is 177 Å². The number of pyridine rings is 1. The number of anilines is 2. The van der Waals surface area contributed by atoms with Crippen LogP contribution in [0.3, 0.4) is 0 Å². The molecular formula is C21H17Cl2N3O3. The van der Waals surface area contributed by atoms with Gasteiger partial charge < -0.3 is 15.4 Å². The van der Waals surface area contributed by atoms with E-state index in [1.165, 1.54) is 6.20 Å². The van der Waals surface area contributed by atoms with Gasteiger partial charge in [-0.2, -0.15) is 0 Å². The number of amides is 2. The summed E-state index contributed by atoms with van der Waals surface area (Å²) < 4.78 is 5.63. The van der Waals surface area contributed by atoms with E-state index in [2.05, 4.69) is 15.6 Å². The Morgan fingerprint density at radius 3 is 2.38 bits per heavy atom. The molecular weight excluding hydrogens is 413 g/mol. The second-order valence-electron chi connectivity index (χ2n) is 6.11. The fourth-order valence-corrected chi connectivity index (χ4v) is 2.71. The zero-order valence-electron chi connectivity index (χ0n) is 15.4. The van der Waals surface area contributed by atoms with Crippen molar-refractivity contribution in [3.8, 4) is 5.75 Å². The Morgan fingerprint density at radius 1 is 0.966 bits per heavy atom. The van der Waals surface area contributed by atoms with Gasteiger partial charge in [0.05, 0.1) is 11.9 Å². The van der Waals surface area contributed by atoms with E-state index < -0.39 is 6.10 Å². The quantitative estimate of drug-likeness (QED) is 0.537. The number of ether oxygens (including phenoxy) is 1. The lowest BCUT2D eigenvalue weighted by molar-refractivity contribution is -0.122. The first-order chi connectivity index (χ1) is 13.9. The maximum absolute atomic E-state index is 12.3. The monoisotopic (exact) mass is 429 g/mol. The van der Waals surface area contributed by atoms with Crippen molar-refractivity contribution >= 4 is 46.4 Å². The van der Waals surface area contributed by atoms with Gasteiger partial charge in [-0.3, -0.25) is 9.59 Å². The van der Waals surface area contributed by atoms with Crippen LogP contribution in [0.5, 0.6) is 5.75 Å². The summed E-state index contributed by atoms with van der Waals surface area (Å²) in [5.74, 6) is -0.155. The molecule has 1 atom stereocenters. The molecule has 2 N–H and O–H groups in total. The summed E-state index contributed by atoms with van der Waals surface area (Å²) in [5.41, 5.74) is 1.56. The minimum atomic E-state index is -0.753. The molecule has 1 aromatic heterocycles. The first-order valence-electron chi connectivity index (χ1n) is 8.67. The highest BCUT2D eigenvalue weighted by Crippen LogP contribution is 2.18. The summed E-state index contributed by atoms with van der Waals surface area (Å²) >= 11 is 11.6. The van der Waals surface area contributed by atoms with Gasteiger partial charge >= 0.3 is 0 Å². The second kappa shape index (κ2) is 9.41. The molecule has 0 bridgehead atoms. The number of aromatic nitrogens is 1. The van der Waals surface area contributed by atoms with Gasteiger partial charge in [-0.1, -0.05) is 29.3 Å². The Kier molecular flexibility index (Phi) is 6.69. The summed E-state index contributed by atoms with van der Waals surface area (Å²) in [6.07, 6.45) is 0.706. The van der Waals surface area contributed by atoms with Crippen molar-refractivity contribution in [3.05, 3.63) is 82.6 Å². The van der Waals surface area contributed by atoms with Crippen LogP contribution in [0.4, 0.5) is 11.4 Å². The van der Waals surface area contributed by atoms with Crippen molar-refractivity contribution in [2.75, 3.05) is 10.6 Å². The van der Waals surface area contributed by atoms with Crippen molar-refractivity contribution in [2.45, 2.75) is 13.0 Å². The number of carbonyl (C=O) groups excluding carboxylic acids is 2. The van der Waals surface area contributed by atoms with Gasteiger partial charge in [-0.05, 0) is 61.5 Å². The lowest BCUT2D eigenvalue weighted by atomic mass is 10.2. The Hall–Kier alpha value is -3.09. The molecule has 29 heavy (non-hydrogen) atoms. The van der Waals surface area contributed by atoms with E-state index in [-0.39, 0.29) is 11.8 Å². The molecule has 8 heteroatoms. The molecule has 148 valence electrons. The van der Waals surface area contributed by atoms with Crippen LogP contribution in [0, 0.1) is 0 Å². The third-order valence-electron chi connectivity index (χ3n) is 3.88. The van der Waals surface area contributed by atoms with Crippen LogP contribution in [0.2, 0.25) is 10.2 Å². The van der Waals surface area contributed by atoms with Crippen LogP contribution >= 0.6 is 23.2 Å². The van der Waals surface area contributed by atoms with Crippen molar-refractivity contribution in [1.82, 2.24) is 4.98 Å². The van der Waals surface area contributed by atoms with E-state index in [4.69, 9.17) is 27.9 Å². The van der Waals surface area contributed by atoms with Crippen LogP contribution in [0.25, 0.3) is 0 Å². The summed E-state index contributed by atoms with van der Waals surface area (Å²) in [6.45, 7) is 1.62. The van der Waals surface area contributed by atoms with Gasteiger partial charge in [0.1, 0.15) is 10.9 Å². The molecule has 1 unspecified atom stereocenters. The highest BCUT2D eigenvalue weighted by Gasteiger charge is 2.15. The average Bonchev–Trinajstić information content (AvgIpc) is 2.70. The van der Waals surface area contributed by atoms with Gasteiger partial charge in [0.25, 0.3) is 11.8 Å². The number of rotatable bonds is 6. The topological polar surface area (TPSA) is 80.3 Å². The number of hydrogen-bond donors (Lipinski definition) is 2. The molecule has 0 saturated heterocycles. The van der Waals surface area contributed by atoms with E-state index >= 15 is 0 Å². The minimum Gasteiger partial charge on any atom is -0.481 e. The van der Waals surface area contributed by atoms with Crippen molar-refractivity contribution in [1.29, 1.82) is 0 Å². The van der Waals surface area contributed by atoms with Crippen LogP contribution in [-0.4, -0.2) is 22.9 Å². The molecule has 0 aliphatic rings. The summed E-state index contributed by atoms with van der Waals surface area (Å²) in [5, 5.41) is 6.33. The number of carbonyl (C=O) groups is 2. The summed E-state index contributed by atoms with van der Waals surface area (Å²) in [4.78, 5) is 28.5. The predicted octanol–water partition coefficient (Wildman–Crippen LogP) is 5.05. The van der Waals surface area contributed by atoms with Crippen molar-refractivity contribution < 1.29 is 14.3 Å². The fourth-order valence-electron chi connectivity index (χ4n) is 2.41. The molecule has 3 aromatic rings. The highest BCUT2D eigenvalue weighted by molar-refractivity contribution is 6.31. The SMILES string of the molecule is CC(Oc1ccc(C(=O)Nc2cccc(Cl)c2)cc1)C(=O)Nc1ccc(Cl)nc1. The van der Waals surface area contributed by atoms with E-state index in [0.29, 0.717) is 32.9 Å². The molecule has 1 heterocycles. The Bertz CT molecular complexity index is 1010. The van der Waals surface area contributed by atoms with E-state index in [1.54, 1.807) is 67.6 Å². The molecule has 6 nitrogen and oxygen atoms in total. The molecule has 0 radical (unpaired) electrons. The van der Waals surface area contributed by atoms with E-state index in [0.717, 1.165) is 0 Å². The maximum Gasteiger partial charge on any atom is 0.265 e. The zero-order valence-corrected chi connectivity index (χ0v) is 16.9. The first-order valence-corrected chi connectivity index (χ1v) is 9.42. The standard InChI is InChI=1S/C21H17Cl2N3O3/c1-13(20(27)26-17-7-10-19(23)24-12-17)29-18-8-5-14(6-9-18)21(28)25-16-4-2-3-15(22)11-16/h2-13H,1H3,(H,25,28)(H,26,27). The lowest BCUT2D eigenvalue weighted by Crippen LogP contribution is -2.30. The van der Waals surface area contributed by atoms with E-state index in [1.807, 2.05) is 0 Å². The molecule has 3 rings (SSSR count). The normalized spacial score (nSPS) is 11.4. The van der Waals surface area contributed by atoms with Gasteiger partial charge in [-0.15, -0.1) is 0 Å². The van der Waals surface area contributed by atoms with Crippen LogP contribution in [0.15, 0.2) is 66.9 Å². The number of halogens is 2. The summed E-state index contributed by atoms with van der Waals surface area (Å²) in [6, 6.07) is 16.6. The Balaban J connectivity index is 1.57. The third-order valence-corrected chi connectivity index (χ3v) is 4.33. The molecule has 0 saturated carbocycles. The van der Waals surface area contributed by atoms with Crippen molar-refractivity contribution in [2.24, 2.45) is 0 Å². The van der Waals surface area contributed by atoms with Crippen LogP contribution < -0.4 is 15.4 Å². The average molecular weight is 430 g/mol. The molecule has 2 aromatic carbocycles. The minimum absolute atomic E-state index is 0.278. The van der Waals surface area contributed by atoms with Gasteiger partial charge in [0.15, 0.2) is 6.10 Å². The fraction of sp³-hybridized carbons (Fsp3) is 0.0952. The largest absolute Gasteiger partial charge is 0.481 e. The molecule has 0 spiro atoms. The first kappa shape index (κ1) is 20.6. The smallest absolute Gasteiger partial charge is 0.265 e. The zero-order chi connectivity index (χ0) is 20.8. The second-order valence-corrected chi connectivity index (χ2v) is 6.93. The number of nitrogens with one attached hydrogen (secondary N) is 2. The number of benzene rings is 2. The maximum atomic E-state index is 12.3. The molecule has 0 aliphatic carbocycles. The molecule has 0 fully saturated rings. The molecule has 0 aliphatic heterocycles. The predicted molar refractivity (Wildman–Crippen MR) is 114 cm³/mol. The summed E-state index contributed by atoms with van der Waals surface area (Å²) in [7, 11) is 0. The van der Waals surface area contributed by atoms with Gasteiger partial charge in [-0.25, -0.2) is 4.98 Å². The van der Waals surface area contributed by atoms with Gasteiger partial charge in [0, 0.05) is 16.3 Å². The Morgan fingerprint density at radius 2 is 1.72 bits per heavy atom. The van der Waals surface area contributed by atoms with E-state index in [9.17, 15) is 9.59 Å². The van der Waals surface area contributed by atoms with Crippen LogP contribution in [-0.2, 0) is 4.79 Å². The van der Waals surface area contributed by atoms with Gasteiger partial charge in [0.2, 0.25) is 0 Å².